The van der Waals surface area contributed by atoms with Crippen LogP contribution < -0.4 is 9.64 Å². The lowest BCUT2D eigenvalue weighted by Gasteiger charge is -2.44. The standard InChI is InChI=1S/C64H47NO/c1-63(2)55-24-14-12-22-51(55)53-34-32-49(40-57(53)63)65(48-30-26-45(27-31-48)42-16-6-3-7-17-42)50-33-35-54-52-23-13-15-25-56(52)64(58(54)41-50)59-38-46(43-18-8-4-9-19-43)28-36-61(59)66-62-37-29-47(39-60(62)64)44-20-10-5-11-21-44/h3-40,50H,41H2,1-2H3. The summed E-state index contributed by atoms with van der Waals surface area (Å²) in [5, 5.41) is 0. The van der Waals surface area contributed by atoms with Gasteiger partial charge in [0.1, 0.15) is 11.5 Å². The van der Waals surface area contributed by atoms with Crippen molar-refractivity contribution in [3.05, 3.63) is 269 Å². The quantitative estimate of drug-likeness (QED) is 0.165. The third-order valence-corrected chi connectivity index (χ3v) is 14.9. The number of hydrogen-bond acceptors (Lipinski definition) is 2. The monoisotopic (exact) mass is 845 g/mol. The number of anilines is 2. The third-order valence-electron chi connectivity index (χ3n) is 14.9. The van der Waals surface area contributed by atoms with Gasteiger partial charge in [0.05, 0.1) is 11.5 Å². The van der Waals surface area contributed by atoms with Gasteiger partial charge >= 0.3 is 0 Å². The Labute approximate surface area is 387 Å². The SMILES string of the molecule is CC1(C)c2ccccc2-c2ccc(N(c3ccc(-c4ccccc4)cc3)C3C=CC4=C(C3)C3(c5cc(-c6ccccc6)ccc5Oc5ccc(-c6ccccc6)cc53)c3ccccc34)cc21. The summed E-state index contributed by atoms with van der Waals surface area (Å²) in [4.78, 5) is 2.60. The fraction of sp³-hybridized carbons (Fsp3) is 0.0938. The predicted octanol–water partition coefficient (Wildman–Crippen LogP) is 16.4. The minimum atomic E-state index is -0.627. The first-order valence-electron chi connectivity index (χ1n) is 23.3. The van der Waals surface area contributed by atoms with Crippen molar-refractivity contribution in [2.45, 2.75) is 37.1 Å². The average Bonchev–Trinajstić information content (AvgIpc) is 3.79. The van der Waals surface area contributed by atoms with Gasteiger partial charge in [-0.15, -0.1) is 0 Å². The molecule has 1 unspecified atom stereocenters. The summed E-state index contributed by atoms with van der Waals surface area (Å²) in [5.41, 5.74) is 21.8. The molecule has 3 aliphatic carbocycles. The van der Waals surface area contributed by atoms with Gasteiger partial charge in [-0.05, 0) is 133 Å². The molecular formula is C64H47NO. The largest absolute Gasteiger partial charge is 0.457 e. The van der Waals surface area contributed by atoms with Gasteiger partial charge in [0.25, 0.3) is 0 Å². The number of hydrogen-bond donors (Lipinski definition) is 0. The number of fused-ring (bicyclic) bond motifs is 11. The number of rotatable bonds is 6. The molecule has 1 atom stereocenters. The topological polar surface area (TPSA) is 12.5 Å². The Morgan fingerprint density at radius 2 is 0.894 bits per heavy atom. The van der Waals surface area contributed by atoms with Gasteiger partial charge in [0, 0.05) is 27.9 Å². The van der Waals surface area contributed by atoms with Crippen LogP contribution in [0.25, 0.3) is 50.1 Å². The van der Waals surface area contributed by atoms with E-state index in [-0.39, 0.29) is 11.5 Å². The fourth-order valence-corrected chi connectivity index (χ4v) is 11.8. The molecule has 1 spiro atoms. The molecule has 0 bridgehead atoms. The summed E-state index contributed by atoms with van der Waals surface area (Å²) in [6.07, 6.45) is 5.70. The van der Waals surface area contributed by atoms with E-state index < -0.39 is 5.41 Å². The molecule has 9 aromatic rings. The van der Waals surface area contributed by atoms with E-state index in [9.17, 15) is 0 Å². The van der Waals surface area contributed by atoms with Crippen LogP contribution in [0.15, 0.2) is 236 Å². The predicted molar refractivity (Wildman–Crippen MR) is 273 cm³/mol. The van der Waals surface area contributed by atoms with Crippen LogP contribution in [0.1, 0.15) is 53.6 Å². The fourth-order valence-electron chi connectivity index (χ4n) is 11.8. The number of allylic oxidation sites excluding steroid dienone is 2. The molecule has 314 valence electrons. The summed E-state index contributed by atoms with van der Waals surface area (Å²) in [6.45, 7) is 4.76. The number of ether oxygens (including phenoxy) is 1. The van der Waals surface area contributed by atoms with Crippen molar-refractivity contribution in [1.29, 1.82) is 0 Å². The zero-order valence-electron chi connectivity index (χ0n) is 37.1. The van der Waals surface area contributed by atoms with Crippen molar-refractivity contribution in [2.75, 3.05) is 4.90 Å². The van der Waals surface area contributed by atoms with Gasteiger partial charge in [0.2, 0.25) is 0 Å². The third kappa shape index (κ3) is 5.74. The van der Waals surface area contributed by atoms with Gasteiger partial charge in [-0.1, -0.05) is 196 Å². The van der Waals surface area contributed by atoms with Crippen LogP contribution in [-0.2, 0) is 10.8 Å². The molecule has 0 fully saturated rings. The van der Waals surface area contributed by atoms with Gasteiger partial charge in [0.15, 0.2) is 0 Å². The van der Waals surface area contributed by atoms with Gasteiger partial charge in [-0.3, -0.25) is 0 Å². The minimum Gasteiger partial charge on any atom is -0.457 e. The van der Waals surface area contributed by atoms with E-state index in [1.165, 1.54) is 94.7 Å². The highest BCUT2D eigenvalue weighted by Gasteiger charge is 2.53. The maximum absolute atomic E-state index is 7.04. The Balaban J connectivity index is 1.02. The van der Waals surface area contributed by atoms with E-state index in [2.05, 4.69) is 249 Å². The van der Waals surface area contributed by atoms with Gasteiger partial charge < -0.3 is 9.64 Å². The van der Waals surface area contributed by atoms with Crippen molar-refractivity contribution in [3.63, 3.8) is 0 Å². The molecule has 2 nitrogen and oxygen atoms in total. The van der Waals surface area contributed by atoms with E-state index in [1.54, 1.807) is 0 Å². The van der Waals surface area contributed by atoms with Crippen LogP contribution in [0, 0.1) is 0 Å². The minimum absolute atomic E-state index is 0.00758. The first kappa shape index (κ1) is 38.5. The van der Waals surface area contributed by atoms with Crippen LogP contribution in [-0.4, -0.2) is 6.04 Å². The van der Waals surface area contributed by atoms with Gasteiger partial charge in [-0.2, -0.15) is 0 Å². The summed E-state index contributed by atoms with van der Waals surface area (Å²) >= 11 is 0. The molecule has 2 heteroatoms. The molecule has 0 saturated carbocycles. The molecule has 0 saturated heterocycles. The second-order valence-corrected chi connectivity index (χ2v) is 18.8. The maximum Gasteiger partial charge on any atom is 0.132 e. The van der Waals surface area contributed by atoms with E-state index in [4.69, 9.17) is 4.74 Å². The average molecular weight is 846 g/mol. The van der Waals surface area contributed by atoms with E-state index in [0.29, 0.717) is 0 Å². The van der Waals surface area contributed by atoms with Crippen LogP contribution in [0.4, 0.5) is 11.4 Å². The first-order chi connectivity index (χ1) is 32.5. The molecule has 4 aliphatic rings. The lowest BCUT2D eigenvalue weighted by Crippen LogP contribution is -2.38. The van der Waals surface area contributed by atoms with Crippen LogP contribution in [0.2, 0.25) is 0 Å². The first-order valence-corrected chi connectivity index (χ1v) is 23.3. The highest BCUT2D eigenvalue weighted by atomic mass is 16.5. The molecule has 1 aliphatic heterocycles. The second-order valence-electron chi connectivity index (χ2n) is 18.8. The highest BCUT2D eigenvalue weighted by molar-refractivity contribution is 5.94. The smallest absolute Gasteiger partial charge is 0.132 e. The zero-order valence-corrected chi connectivity index (χ0v) is 37.1. The lowest BCUT2D eigenvalue weighted by atomic mass is 9.63. The molecule has 9 aromatic carbocycles. The number of nitrogens with zero attached hydrogens (tertiary/aromatic N) is 1. The highest BCUT2D eigenvalue weighted by Crippen LogP contribution is 2.64. The lowest BCUT2D eigenvalue weighted by molar-refractivity contribution is 0.431. The Morgan fingerprint density at radius 1 is 0.409 bits per heavy atom. The van der Waals surface area contributed by atoms with Gasteiger partial charge in [-0.25, -0.2) is 0 Å². The molecule has 13 rings (SSSR count). The zero-order chi connectivity index (χ0) is 44.0. The molecule has 0 aromatic heterocycles. The number of benzene rings is 9. The van der Waals surface area contributed by atoms with Crippen molar-refractivity contribution < 1.29 is 4.74 Å². The van der Waals surface area contributed by atoms with Crippen molar-refractivity contribution in [1.82, 2.24) is 0 Å². The van der Waals surface area contributed by atoms with E-state index in [0.717, 1.165) is 23.6 Å². The normalized spacial score (nSPS) is 16.4. The van der Waals surface area contributed by atoms with E-state index in [1.807, 2.05) is 0 Å². The maximum atomic E-state index is 7.04. The van der Waals surface area contributed by atoms with Crippen molar-refractivity contribution in [2.24, 2.45) is 0 Å². The van der Waals surface area contributed by atoms with Crippen molar-refractivity contribution >= 4 is 16.9 Å². The summed E-state index contributed by atoms with van der Waals surface area (Å²) < 4.78 is 7.04. The summed E-state index contributed by atoms with van der Waals surface area (Å²) in [7, 11) is 0. The Hall–Kier alpha value is -7.94. The van der Waals surface area contributed by atoms with Crippen molar-refractivity contribution in [3.8, 4) is 56.0 Å². The molecule has 66 heavy (non-hydrogen) atoms. The molecular weight excluding hydrogens is 799 g/mol. The Morgan fingerprint density at radius 3 is 1.52 bits per heavy atom. The Bertz CT molecular complexity index is 3340. The molecule has 0 amide bonds. The Kier molecular flexibility index (Phi) is 8.64. The molecule has 0 radical (unpaired) electrons. The summed E-state index contributed by atoms with van der Waals surface area (Å²) in [5.74, 6) is 1.80. The molecule has 1 heterocycles. The van der Waals surface area contributed by atoms with Crippen LogP contribution in [0.5, 0.6) is 11.5 Å². The van der Waals surface area contributed by atoms with E-state index >= 15 is 0 Å². The summed E-state index contributed by atoms with van der Waals surface area (Å²) in [6, 6.07) is 80.4. The van der Waals surface area contributed by atoms with Crippen LogP contribution in [0.3, 0.4) is 0 Å². The van der Waals surface area contributed by atoms with Crippen LogP contribution >= 0.6 is 0 Å². The second kappa shape index (κ2) is 14.8. The molecule has 0 N–H and O–H groups in total.